The van der Waals surface area contributed by atoms with E-state index in [9.17, 15) is 0 Å². The van der Waals surface area contributed by atoms with Gasteiger partial charge in [-0.25, -0.2) is 4.98 Å². The molecule has 4 rings (SSSR count). The first-order valence-corrected chi connectivity index (χ1v) is 8.80. The van der Waals surface area contributed by atoms with Gasteiger partial charge in [0.05, 0.1) is 28.3 Å². The zero-order valence-electron chi connectivity index (χ0n) is 14.5. The third kappa shape index (κ3) is 3.80. The molecule has 136 valence electrons. The minimum atomic E-state index is 0.384. The molecule has 0 saturated heterocycles. The van der Waals surface area contributed by atoms with Crippen LogP contribution in [0.25, 0.3) is 11.0 Å². The highest BCUT2D eigenvalue weighted by Gasteiger charge is 2.09. The van der Waals surface area contributed by atoms with Crippen molar-refractivity contribution in [2.45, 2.75) is 13.2 Å². The maximum Gasteiger partial charge on any atom is 0.201 e. The van der Waals surface area contributed by atoms with Gasteiger partial charge in [-0.15, -0.1) is 0 Å². The normalized spacial score (nSPS) is 11.0. The molecule has 2 aromatic heterocycles. The van der Waals surface area contributed by atoms with E-state index in [1.165, 1.54) is 0 Å². The van der Waals surface area contributed by atoms with Crippen LogP contribution in [0.5, 0.6) is 5.75 Å². The standard InChI is InChI=1S/C20H18ClN5O/c21-14-3-5-16(24-10-14)12-27-17-6-1-13(2-7-17)11-26-19-9-15(22)4-8-18(19)25-20(26)23/h1-10H,11-12,22H2,(H2,23,25). The number of nitrogens with zero attached hydrogens (tertiary/aromatic N) is 3. The summed E-state index contributed by atoms with van der Waals surface area (Å²) in [5.41, 5.74) is 16.3. The van der Waals surface area contributed by atoms with Gasteiger partial charge < -0.3 is 20.8 Å². The monoisotopic (exact) mass is 379 g/mol. The number of rotatable bonds is 5. The predicted molar refractivity (Wildman–Crippen MR) is 108 cm³/mol. The Morgan fingerprint density at radius 2 is 1.81 bits per heavy atom. The van der Waals surface area contributed by atoms with E-state index in [0.29, 0.717) is 29.8 Å². The molecule has 6 nitrogen and oxygen atoms in total. The van der Waals surface area contributed by atoms with Crippen LogP contribution in [0.1, 0.15) is 11.3 Å². The molecule has 0 spiro atoms. The van der Waals surface area contributed by atoms with E-state index in [4.69, 9.17) is 27.8 Å². The van der Waals surface area contributed by atoms with E-state index >= 15 is 0 Å². The number of hydrogen-bond donors (Lipinski definition) is 2. The summed E-state index contributed by atoms with van der Waals surface area (Å²) in [6.45, 7) is 0.986. The van der Waals surface area contributed by atoms with Crippen LogP contribution in [0.2, 0.25) is 5.02 Å². The molecule has 2 heterocycles. The molecule has 7 heteroatoms. The molecule has 0 amide bonds. The lowest BCUT2D eigenvalue weighted by atomic mass is 10.2. The SMILES string of the molecule is Nc1ccc2nc(N)n(Cc3ccc(OCc4ccc(Cl)cn4)cc3)c2c1. The fraction of sp³-hybridized carbons (Fsp3) is 0.100. The fourth-order valence-corrected chi connectivity index (χ4v) is 2.96. The molecule has 0 radical (unpaired) electrons. The minimum Gasteiger partial charge on any atom is -0.487 e. The van der Waals surface area contributed by atoms with E-state index in [-0.39, 0.29) is 0 Å². The number of ether oxygens (including phenoxy) is 1. The molecular formula is C20H18ClN5O. The number of fused-ring (bicyclic) bond motifs is 1. The number of nitrogen functional groups attached to an aromatic ring is 2. The number of nitrogens with two attached hydrogens (primary N) is 2. The second-order valence-electron chi connectivity index (χ2n) is 6.20. The molecule has 4 N–H and O–H groups in total. The summed E-state index contributed by atoms with van der Waals surface area (Å²) in [5, 5.41) is 0.608. The summed E-state index contributed by atoms with van der Waals surface area (Å²) in [5.74, 6) is 1.23. The summed E-state index contributed by atoms with van der Waals surface area (Å²) in [4.78, 5) is 8.60. The van der Waals surface area contributed by atoms with Gasteiger partial charge in [0.15, 0.2) is 0 Å². The fourth-order valence-electron chi connectivity index (χ4n) is 2.85. The van der Waals surface area contributed by atoms with Crippen molar-refractivity contribution < 1.29 is 4.74 Å². The maximum absolute atomic E-state index is 6.07. The molecule has 0 unspecified atom stereocenters. The highest BCUT2D eigenvalue weighted by molar-refractivity contribution is 6.30. The second kappa shape index (κ2) is 7.17. The zero-order chi connectivity index (χ0) is 18.8. The van der Waals surface area contributed by atoms with Gasteiger partial charge in [0.2, 0.25) is 5.95 Å². The number of hydrogen-bond acceptors (Lipinski definition) is 5. The van der Waals surface area contributed by atoms with Crippen molar-refractivity contribution in [2.75, 3.05) is 11.5 Å². The average molecular weight is 380 g/mol. The van der Waals surface area contributed by atoms with E-state index in [1.54, 1.807) is 12.3 Å². The molecule has 0 fully saturated rings. The third-order valence-electron chi connectivity index (χ3n) is 4.24. The van der Waals surface area contributed by atoms with Gasteiger partial charge in [0.25, 0.3) is 0 Å². The summed E-state index contributed by atoms with van der Waals surface area (Å²) in [6, 6.07) is 17.1. The van der Waals surface area contributed by atoms with Crippen LogP contribution in [-0.4, -0.2) is 14.5 Å². The number of imidazole rings is 1. The molecule has 27 heavy (non-hydrogen) atoms. The van der Waals surface area contributed by atoms with E-state index in [0.717, 1.165) is 28.0 Å². The maximum atomic E-state index is 6.07. The van der Waals surface area contributed by atoms with Gasteiger partial charge in [-0.05, 0) is 48.0 Å². The lowest BCUT2D eigenvalue weighted by molar-refractivity contribution is 0.301. The summed E-state index contributed by atoms with van der Waals surface area (Å²) in [6.07, 6.45) is 1.61. The van der Waals surface area contributed by atoms with E-state index in [2.05, 4.69) is 9.97 Å². The molecule has 0 aliphatic rings. The number of anilines is 2. The van der Waals surface area contributed by atoms with Crippen molar-refractivity contribution in [1.82, 2.24) is 14.5 Å². The molecular weight excluding hydrogens is 362 g/mol. The van der Waals surface area contributed by atoms with Crippen LogP contribution in [0.3, 0.4) is 0 Å². The van der Waals surface area contributed by atoms with Crippen LogP contribution >= 0.6 is 11.6 Å². The molecule has 0 saturated carbocycles. The van der Waals surface area contributed by atoms with Crippen LogP contribution in [-0.2, 0) is 13.2 Å². The van der Waals surface area contributed by atoms with Gasteiger partial charge in [0.1, 0.15) is 12.4 Å². The Labute approximate surface area is 161 Å². The Morgan fingerprint density at radius 1 is 1.00 bits per heavy atom. The first-order valence-electron chi connectivity index (χ1n) is 8.42. The third-order valence-corrected chi connectivity index (χ3v) is 4.46. The number of aromatic nitrogens is 3. The largest absolute Gasteiger partial charge is 0.487 e. The Balaban J connectivity index is 1.47. The highest BCUT2D eigenvalue weighted by Crippen LogP contribution is 2.23. The Hall–Kier alpha value is -3.25. The van der Waals surface area contributed by atoms with Crippen molar-refractivity contribution in [3.8, 4) is 5.75 Å². The van der Waals surface area contributed by atoms with Gasteiger partial charge >= 0.3 is 0 Å². The topological polar surface area (TPSA) is 92.0 Å². The Bertz CT molecular complexity index is 1070. The summed E-state index contributed by atoms with van der Waals surface area (Å²) < 4.78 is 7.71. The van der Waals surface area contributed by atoms with Gasteiger partial charge in [-0.2, -0.15) is 0 Å². The molecule has 0 aliphatic carbocycles. The second-order valence-corrected chi connectivity index (χ2v) is 6.64. The Kier molecular flexibility index (Phi) is 4.56. The molecule has 4 aromatic rings. The van der Waals surface area contributed by atoms with E-state index < -0.39 is 0 Å². The summed E-state index contributed by atoms with van der Waals surface area (Å²) in [7, 11) is 0. The van der Waals surface area contributed by atoms with Crippen molar-refractivity contribution in [2.24, 2.45) is 0 Å². The summed E-state index contributed by atoms with van der Waals surface area (Å²) >= 11 is 5.84. The van der Waals surface area contributed by atoms with Crippen LogP contribution < -0.4 is 16.2 Å². The zero-order valence-corrected chi connectivity index (χ0v) is 15.2. The lowest BCUT2D eigenvalue weighted by Gasteiger charge is -2.09. The highest BCUT2D eigenvalue weighted by atomic mass is 35.5. The smallest absolute Gasteiger partial charge is 0.201 e. The molecule has 0 aliphatic heterocycles. The molecule has 0 bridgehead atoms. The molecule has 2 aromatic carbocycles. The van der Waals surface area contributed by atoms with Crippen LogP contribution in [0.4, 0.5) is 11.6 Å². The first-order chi connectivity index (χ1) is 13.1. The first kappa shape index (κ1) is 17.2. The van der Waals surface area contributed by atoms with Crippen molar-refractivity contribution >= 4 is 34.3 Å². The predicted octanol–water partition coefficient (Wildman–Crippen LogP) is 3.88. The van der Waals surface area contributed by atoms with Crippen molar-refractivity contribution in [3.05, 3.63) is 77.1 Å². The van der Waals surface area contributed by atoms with E-state index in [1.807, 2.05) is 53.1 Å². The van der Waals surface area contributed by atoms with Gasteiger partial charge in [-0.1, -0.05) is 23.7 Å². The van der Waals surface area contributed by atoms with Crippen LogP contribution in [0, 0.1) is 0 Å². The van der Waals surface area contributed by atoms with Crippen LogP contribution in [0.15, 0.2) is 60.8 Å². The molecule has 0 atom stereocenters. The Morgan fingerprint density at radius 3 is 2.56 bits per heavy atom. The number of benzene rings is 2. The van der Waals surface area contributed by atoms with Gasteiger partial charge in [0, 0.05) is 11.9 Å². The number of pyridine rings is 1. The minimum absolute atomic E-state index is 0.384. The lowest BCUT2D eigenvalue weighted by Crippen LogP contribution is -2.05. The quantitative estimate of drug-likeness (QED) is 0.513. The van der Waals surface area contributed by atoms with Crippen molar-refractivity contribution in [3.63, 3.8) is 0 Å². The van der Waals surface area contributed by atoms with Crippen molar-refractivity contribution in [1.29, 1.82) is 0 Å². The average Bonchev–Trinajstić information content (AvgIpc) is 2.97. The van der Waals surface area contributed by atoms with Gasteiger partial charge in [-0.3, -0.25) is 4.98 Å². The number of halogens is 1.